The molecule has 4 rings (SSSR count). The van der Waals surface area contributed by atoms with Gasteiger partial charge < -0.3 is 9.47 Å². The molecule has 1 unspecified atom stereocenters. The predicted octanol–water partition coefficient (Wildman–Crippen LogP) is 3.28. The van der Waals surface area contributed by atoms with Gasteiger partial charge in [0.15, 0.2) is 4.80 Å². The number of allylic oxidation sites excluding steroid dienone is 1. The second kappa shape index (κ2) is 9.42. The monoisotopic (exact) mass is 460 g/mol. The molecule has 6 nitrogen and oxygen atoms in total. The zero-order chi connectivity index (χ0) is 23.5. The standard InChI is InChI=1S/C26H24N2O4S/c1-5-14-32-25(30)22-17(3)27-26-28(23(22)19-10-12-20(31-4)13-11-19)24(29)21(33-26)15-18-8-6-16(2)7-9-18/h5-13,15,23H,1,14H2,2-4H3. The van der Waals surface area contributed by atoms with Crippen molar-refractivity contribution in [1.82, 2.24) is 4.57 Å². The second-order valence-corrected chi connectivity index (χ2v) is 8.66. The van der Waals surface area contributed by atoms with Crippen LogP contribution in [0.4, 0.5) is 0 Å². The van der Waals surface area contributed by atoms with Crippen LogP contribution in [0.15, 0.2) is 82.2 Å². The molecule has 3 aromatic rings. The second-order valence-electron chi connectivity index (χ2n) is 7.65. The Morgan fingerprint density at radius 1 is 1.15 bits per heavy atom. The number of fused-ring (bicyclic) bond motifs is 1. The van der Waals surface area contributed by atoms with Crippen LogP contribution in [-0.4, -0.2) is 24.3 Å². The van der Waals surface area contributed by atoms with Gasteiger partial charge in [0.05, 0.1) is 29.0 Å². The molecule has 2 heterocycles. The molecule has 0 amide bonds. The molecule has 0 saturated carbocycles. The number of carbonyl (C=O) groups excluding carboxylic acids is 1. The van der Waals surface area contributed by atoms with E-state index in [1.807, 2.05) is 49.4 Å². The molecule has 168 valence electrons. The first-order valence-corrected chi connectivity index (χ1v) is 11.3. The van der Waals surface area contributed by atoms with Crippen LogP contribution in [0.1, 0.15) is 29.7 Å². The zero-order valence-electron chi connectivity index (χ0n) is 18.7. The van der Waals surface area contributed by atoms with Gasteiger partial charge in [0.25, 0.3) is 5.56 Å². The summed E-state index contributed by atoms with van der Waals surface area (Å²) in [5.74, 6) is 0.159. The molecular weight excluding hydrogens is 436 g/mol. The van der Waals surface area contributed by atoms with Gasteiger partial charge in [0.2, 0.25) is 0 Å². The first-order valence-electron chi connectivity index (χ1n) is 10.4. The molecule has 1 aliphatic rings. The Kier molecular flexibility index (Phi) is 6.42. The van der Waals surface area contributed by atoms with Crippen molar-refractivity contribution in [3.63, 3.8) is 0 Å². The van der Waals surface area contributed by atoms with Crippen molar-refractivity contribution in [2.45, 2.75) is 19.9 Å². The molecule has 1 aliphatic heterocycles. The van der Waals surface area contributed by atoms with E-state index < -0.39 is 12.0 Å². The summed E-state index contributed by atoms with van der Waals surface area (Å²) in [5, 5.41) is 0. The average Bonchev–Trinajstić information content (AvgIpc) is 3.12. The largest absolute Gasteiger partial charge is 0.497 e. The lowest BCUT2D eigenvalue weighted by molar-refractivity contribution is -0.138. The van der Waals surface area contributed by atoms with Gasteiger partial charge in [-0.05, 0) is 43.2 Å². The summed E-state index contributed by atoms with van der Waals surface area (Å²) in [7, 11) is 1.59. The van der Waals surface area contributed by atoms with E-state index in [-0.39, 0.29) is 12.2 Å². The molecule has 0 saturated heterocycles. The number of rotatable bonds is 6. The molecule has 0 spiro atoms. The zero-order valence-corrected chi connectivity index (χ0v) is 19.5. The minimum Gasteiger partial charge on any atom is -0.497 e. The number of aryl methyl sites for hydroxylation is 1. The Bertz CT molecular complexity index is 1410. The summed E-state index contributed by atoms with van der Waals surface area (Å²) in [5.41, 5.74) is 3.48. The van der Waals surface area contributed by atoms with Crippen molar-refractivity contribution < 1.29 is 14.3 Å². The van der Waals surface area contributed by atoms with Gasteiger partial charge in [-0.3, -0.25) is 9.36 Å². The fourth-order valence-corrected chi connectivity index (χ4v) is 4.76. The molecule has 1 aromatic heterocycles. The molecule has 0 radical (unpaired) electrons. The smallest absolute Gasteiger partial charge is 0.338 e. The lowest BCUT2D eigenvalue weighted by atomic mass is 9.96. The van der Waals surface area contributed by atoms with E-state index in [0.717, 1.165) is 16.7 Å². The van der Waals surface area contributed by atoms with E-state index in [0.29, 0.717) is 26.4 Å². The highest BCUT2D eigenvalue weighted by Gasteiger charge is 2.33. The van der Waals surface area contributed by atoms with Crippen molar-refractivity contribution >= 4 is 23.4 Å². The minimum atomic E-state index is -0.662. The number of hydrogen-bond acceptors (Lipinski definition) is 6. The number of thiazole rings is 1. The van der Waals surface area contributed by atoms with Crippen LogP contribution in [0, 0.1) is 6.92 Å². The van der Waals surface area contributed by atoms with Gasteiger partial charge in [-0.1, -0.05) is 66.0 Å². The highest BCUT2D eigenvalue weighted by molar-refractivity contribution is 7.07. The fraction of sp³-hybridized carbons (Fsp3) is 0.192. The number of aromatic nitrogens is 1. The Labute approximate surface area is 195 Å². The number of methoxy groups -OCH3 is 1. The van der Waals surface area contributed by atoms with Crippen molar-refractivity contribution in [2.75, 3.05) is 13.7 Å². The van der Waals surface area contributed by atoms with Crippen molar-refractivity contribution in [2.24, 2.45) is 4.99 Å². The minimum absolute atomic E-state index is 0.0722. The third-order valence-electron chi connectivity index (χ3n) is 5.38. The molecule has 0 fully saturated rings. The summed E-state index contributed by atoms with van der Waals surface area (Å²) in [6.45, 7) is 7.45. The number of nitrogens with zero attached hydrogens (tertiary/aromatic N) is 2. The fourth-order valence-electron chi connectivity index (χ4n) is 3.71. The highest BCUT2D eigenvalue weighted by Crippen LogP contribution is 2.31. The average molecular weight is 461 g/mol. The predicted molar refractivity (Wildman–Crippen MR) is 129 cm³/mol. The van der Waals surface area contributed by atoms with E-state index in [4.69, 9.17) is 9.47 Å². The summed E-state index contributed by atoms with van der Waals surface area (Å²) < 4.78 is 12.7. The maximum atomic E-state index is 13.5. The van der Waals surface area contributed by atoms with Crippen molar-refractivity contribution in [3.8, 4) is 5.75 Å². The lowest BCUT2D eigenvalue weighted by Crippen LogP contribution is -2.39. The van der Waals surface area contributed by atoms with E-state index in [1.165, 1.54) is 17.4 Å². The Morgan fingerprint density at radius 2 is 1.85 bits per heavy atom. The first kappa shape index (κ1) is 22.5. The molecule has 0 aliphatic carbocycles. The number of benzene rings is 2. The molecule has 0 N–H and O–H groups in total. The van der Waals surface area contributed by atoms with Crippen LogP contribution in [0.3, 0.4) is 0 Å². The van der Waals surface area contributed by atoms with Gasteiger partial charge in [-0.15, -0.1) is 0 Å². The molecule has 1 atom stereocenters. The third-order valence-corrected chi connectivity index (χ3v) is 6.36. The van der Waals surface area contributed by atoms with Gasteiger partial charge in [0, 0.05) is 0 Å². The summed E-state index contributed by atoms with van der Waals surface area (Å²) >= 11 is 1.30. The van der Waals surface area contributed by atoms with E-state index in [2.05, 4.69) is 11.6 Å². The van der Waals surface area contributed by atoms with Crippen LogP contribution < -0.4 is 19.6 Å². The van der Waals surface area contributed by atoms with Crippen molar-refractivity contribution in [3.05, 3.63) is 109 Å². The van der Waals surface area contributed by atoms with Gasteiger partial charge in [0.1, 0.15) is 12.4 Å². The van der Waals surface area contributed by atoms with E-state index >= 15 is 0 Å². The maximum absolute atomic E-state index is 13.5. The normalized spacial score (nSPS) is 15.6. The third kappa shape index (κ3) is 4.45. The number of carbonyl (C=O) groups is 1. The van der Waals surface area contributed by atoms with Crippen LogP contribution in [0.5, 0.6) is 5.75 Å². The SMILES string of the molecule is C=CCOC(=O)C1=C(C)N=c2sc(=Cc3ccc(C)cc3)c(=O)n2C1c1ccc(OC)cc1. The van der Waals surface area contributed by atoms with Crippen LogP contribution in [0.2, 0.25) is 0 Å². The van der Waals surface area contributed by atoms with E-state index in [1.54, 1.807) is 30.7 Å². The topological polar surface area (TPSA) is 69.9 Å². The molecular formula is C26H24N2O4S. The van der Waals surface area contributed by atoms with Gasteiger partial charge >= 0.3 is 5.97 Å². The summed E-state index contributed by atoms with van der Waals surface area (Å²) in [6, 6.07) is 14.6. The molecule has 7 heteroatoms. The van der Waals surface area contributed by atoms with Crippen molar-refractivity contribution in [1.29, 1.82) is 0 Å². The molecule has 0 bridgehead atoms. The number of hydrogen-bond donors (Lipinski definition) is 0. The highest BCUT2D eigenvalue weighted by atomic mass is 32.1. The first-order chi connectivity index (χ1) is 15.9. The number of ether oxygens (including phenoxy) is 2. The van der Waals surface area contributed by atoms with Gasteiger partial charge in [-0.2, -0.15) is 0 Å². The van der Waals surface area contributed by atoms with Gasteiger partial charge in [-0.25, -0.2) is 9.79 Å². The van der Waals surface area contributed by atoms with Crippen LogP contribution >= 0.6 is 11.3 Å². The lowest BCUT2D eigenvalue weighted by Gasteiger charge is -2.24. The number of esters is 1. The van der Waals surface area contributed by atoms with Crippen LogP contribution in [-0.2, 0) is 9.53 Å². The van der Waals surface area contributed by atoms with E-state index in [9.17, 15) is 9.59 Å². The maximum Gasteiger partial charge on any atom is 0.338 e. The summed E-state index contributed by atoms with van der Waals surface area (Å²) in [6.07, 6.45) is 3.36. The Morgan fingerprint density at radius 3 is 2.48 bits per heavy atom. The van der Waals surface area contributed by atoms with Crippen LogP contribution in [0.25, 0.3) is 6.08 Å². The quantitative estimate of drug-likeness (QED) is 0.418. The Balaban J connectivity index is 1.91. The Hall–Kier alpha value is -3.71. The molecule has 33 heavy (non-hydrogen) atoms. The molecule has 2 aromatic carbocycles. The summed E-state index contributed by atoms with van der Waals surface area (Å²) in [4.78, 5) is 31.7.